The Morgan fingerprint density at radius 2 is 1.96 bits per heavy atom. The van der Waals surface area contributed by atoms with E-state index in [2.05, 4.69) is 15.2 Å². The number of benzene rings is 1. The van der Waals surface area contributed by atoms with Gasteiger partial charge in [0.05, 0.1) is 15.5 Å². The number of aromatic nitrogens is 1. The van der Waals surface area contributed by atoms with Crippen molar-refractivity contribution in [3.63, 3.8) is 0 Å². The van der Waals surface area contributed by atoms with Gasteiger partial charge >= 0.3 is 0 Å². The van der Waals surface area contributed by atoms with E-state index < -0.39 is 4.92 Å². The molecule has 1 aromatic carbocycles. The summed E-state index contributed by atoms with van der Waals surface area (Å²) in [6.07, 6.45) is 5.64. The zero-order chi connectivity index (χ0) is 19.2. The lowest BCUT2D eigenvalue weighted by atomic mass is 9.96. The number of nitro benzene ring substituents is 1. The number of carbonyl (C=O) groups excluding carboxylic acids is 1. The standard InChI is InChI=1S/C19H21ClN4O3/c20-18-11-16(24(26)27)1-2-17(18)19(25)22-12-14-5-9-23(10-6-14)13-15-3-7-21-8-4-15/h1-4,7-8,11,14H,5-6,9-10,12-13H2,(H,22,25). The second kappa shape index (κ2) is 8.92. The van der Waals surface area contributed by atoms with Gasteiger partial charge in [-0.05, 0) is 55.6 Å². The SMILES string of the molecule is O=C(NCC1CCN(Cc2ccncc2)CC1)c1ccc([N+](=O)[O-])cc1Cl. The molecule has 1 aromatic heterocycles. The van der Waals surface area contributed by atoms with E-state index in [-0.39, 0.29) is 22.2 Å². The monoisotopic (exact) mass is 388 g/mol. The summed E-state index contributed by atoms with van der Waals surface area (Å²) in [5, 5.41) is 13.7. The predicted octanol–water partition coefficient (Wildman–Crippen LogP) is 3.29. The molecule has 0 saturated carbocycles. The van der Waals surface area contributed by atoms with Crippen molar-refractivity contribution in [2.75, 3.05) is 19.6 Å². The van der Waals surface area contributed by atoms with Gasteiger partial charge in [0.25, 0.3) is 11.6 Å². The largest absolute Gasteiger partial charge is 0.352 e. The maximum Gasteiger partial charge on any atom is 0.270 e. The molecule has 1 aliphatic rings. The van der Waals surface area contributed by atoms with Crippen molar-refractivity contribution in [2.45, 2.75) is 19.4 Å². The maximum absolute atomic E-state index is 12.3. The highest BCUT2D eigenvalue weighted by molar-refractivity contribution is 6.34. The van der Waals surface area contributed by atoms with Crippen LogP contribution in [-0.2, 0) is 6.54 Å². The Morgan fingerprint density at radius 1 is 1.26 bits per heavy atom. The van der Waals surface area contributed by atoms with E-state index in [9.17, 15) is 14.9 Å². The number of halogens is 1. The van der Waals surface area contributed by atoms with E-state index in [0.717, 1.165) is 32.5 Å². The van der Waals surface area contributed by atoms with Gasteiger partial charge in [-0.15, -0.1) is 0 Å². The molecule has 7 nitrogen and oxygen atoms in total. The third-order valence-corrected chi connectivity index (χ3v) is 5.13. The van der Waals surface area contributed by atoms with E-state index >= 15 is 0 Å². The van der Waals surface area contributed by atoms with Crippen molar-refractivity contribution in [1.29, 1.82) is 0 Å². The minimum Gasteiger partial charge on any atom is -0.352 e. The summed E-state index contributed by atoms with van der Waals surface area (Å²) in [7, 11) is 0. The smallest absolute Gasteiger partial charge is 0.270 e. The van der Waals surface area contributed by atoms with Crippen LogP contribution in [0.5, 0.6) is 0 Å². The molecular formula is C19H21ClN4O3. The molecule has 2 aromatic rings. The van der Waals surface area contributed by atoms with Crippen LogP contribution in [0.15, 0.2) is 42.7 Å². The summed E-state index contributed by atoms with van der Waals surface area (Å²) in [5.74, 6) is 0.119. The molecular weight excluding hydrogens is 368 g/mol. The molecule has 1 N–H and O–H groups in total. The first kappa shape index (κ1) is 19.3. The number of amides is 1. The van der Waals surface area contributed by atoms with Gasteiger partial charge in [-0.2, -0.15) is 0 Å². The Kier molecular flexibility index (Phi) is 6.36. The van der Waals surface area contributed by atoms with Crippen molar-refractivity contribution in [3.8, 4) is 0 Å². The fraction of sp³-hybridized carbons (Fsp3) is 0.368. The number of nitro groups is 1. The van der Waals surface area contributed by atoms with Crippen molar-refractivity contribution in [2.24, 2.45) is 5.92 Å². The number of non-ortho nitro benzene ring substituents is 1. The van der Waals surface area contributed by atoms with E-state index in [1.807, 2.05) is 12.1 Å². The minimum atomic E-state index is -0.534. The second-order valence-corrected chi connectivity index (χ2v) is 7.11. The zero-order valence-electron chi connectivity index (χ0n) is 14.8. The first-order valence-corrected chi connectivity index (χ1v) is 9.24. The average Bonchev–Trinajstić information content (AvgIpc) is 2.68. The summed E-state index contributed by atoms with van der Waals surface area (Å²) >= 11 is 6.01. The van der Waals surface area contributed by atoms with Crippen LogP contribution in [0.1, 0.15) is 28.8 Å². The van der Waals surface area contributed by atoms with Crippen LogP contribution >= 0.6 is 11.6 Å². The zero-order valence-corrected chi connectivity index (χ0v) is 15.6. The minimum absolute atomic E-state index is 0.0915. The molecule has 1 amide bonds. The highest BCUT2D eigenvalue weighted by Gasteiger charge is 2.21. The number of likely N-dealkylation sites (tertiary alicyclic amines) is 1. The lowest BCUT2D eigenvalue weighted by Gasteiger charge is -2.32. The Balaban J connectivity index is 1.46. The van der Waals surface area contributed by atoms with E-state index in [1.54, 1.807) is 12.4 Å². The highest BCUT2D eigenvalue weighted by Crippen LogP contribution is 2.23. The maximum atomic E-state index is 12.3. The van der Waals surface area contributed by atoms with Crippen LogP contribution in [0.2, 0.25) is 5.02 Å². The number of hydrogen-bond acceptors (Lipinski definition) is 5. The first-order chi connectivity index (χ1) is 13.0. The van der Waals surface area contributed by atoms with Crippen molar-refractivity contribution >= 4 is 23.2 Å². The molecule has 1 aliphatic heterocycles. The van der Waals surface area contributed by atoms with Crippen molar-refractivity contribution in [3.05, 3.63) is 69.0 Å². The molecule has 1 saturated heterocycles. The molecule has 0 aliphatic carbocycles. The number of nitrogens with zero attached hydrogens (tertiary/aromatic N) is 3. The van der Waals surface area contributed by atoms with Crippen LogP contribution in [0, 0.1) is 16.0 Å². The third-order valence-electron chi connectivity index (χ3n) is 4.82. The van der Waals surface area contributed by atoms with Gasteiger partial charge in [-0.3, -0.25) is 24.8 Å². The number of nitrogens with one attached hydrogen (secondary N) is 1. The van der Waals surface area contributed by atoms with E-state index in [4.69, 9.17) is 11.6 Å². The Labute approximate surface area is 162 Å². The van der Waals surface area contributed by atoms with Crippen LogP contribution < -0.4 is 5.32 Å². The van der Waals surface area contributed by atoms with Crippen LogP contribution in [0.4, 0.5) is 5.69 Å². The third kappa shape index (κ3) is 5.24. The Hall–Kier alpha value is -2.51. The number of carbonyl (C=O) groups is 1. The fourth-order valence-electron chi connectivity index (χ4n) is 3.23. The van der Waals surface area contributed by atoms with E-state index in [1.165, 1.54) is 23.8 Å². The van der Waals surface area contributed by atoms with E-state index in [0.29, 0.717) is 12.5 Å². The number of hydrogen-bond donors (Lipinski definition) is 1. The molecule has 0 unspecified atom stereocenters. The second-order valence-electron chi connectivity index (χ2n) is 6.71. The number of piperidine rings is 1. The lowest BCUT2D eigenvalue weighted by molar-refractivity contribution is -0.384. The average molecular weight is 389 g/mol. The molecule has 2 heterocycles. The van der Waals surface area contributed by atoms with Crippen molar-refractivity contribution < 1.29 is 9.72 Å². The molecule has 1 fully saturated rings. The van der Waals surface area contributed by atoms with Crippen LogP contribution in [0.25, 0.3) is 0 Å². The Bertz CT molecular complexity index is 808. The molecule has 0 atom stereocenters. The summed E-state index contributed by atoms with van der Waals surface area (Å²) in [6, 6.07) is 7.94. The lowest BCUT2D eigenvalue weighted by Crippen LogP contribution is -2.38. The number of pyridine rings is 1. The first-order valence-electron chi connectivity index (χ1n) is 8.86. The molecule has 142 valence electrons. The van der Waals surface area contributed by atoms with Crippen molar-refractivity contribution in [1.82, 2.24) is 15.2 Å². The van der Waals surface area contributed by atoms with Gasteiger partial charge in [0.2, 0.25) is 0 Å². The van der Waals surface area contributed by atoms with Gasteiger partial charge in [-0.1, -0.05) is 11.6 Å². The number of rotatable bonds is 6. The predicted molar refractivity (Wildman–Crippen MR) is 103 cm³/mol. The van der Waals surface area contributed by atoms with Gasteiger partial charge in [0, 0.05) is 37.6 Å². The molecule has 27 heavy (non-hydrogen) atoms. The molecule has 3 rings (SSSR count). The van der Waals surface area contributed by atoms with Crippen LogP contribution in [0.3, 0.4) is 0 Å². The molecule has 8 heteroatoms. The van der Waals surface area contributed by atoms with Crippen LogP contribution in [-0.4, -0.2) is 40.3 Å². The topological polar surface area (TPSA) is 88.4 Å². The molecule has 0 bridgehead atoms. The fourth-order valence-corrected chi connectivity index (χ4v) is 3.49. The quantitative estimate of drug-likeness (QED) is 0.606. The Morgan fingerprint density at radius 3 is 2.59 bits per heavy atom. The molecule has 0 radical (unpaired) electrons. The summed E-state index contributed by atoms with van der Waals surface area (Å²) < 4.78 is 0. The van der Waals surface area contributed by atoms with Gasteiger partial charge < -0.3 is 5.32 Å². The normalized spacial score (nSPS) is 15.4. The van der Waals surface area contributed by atoms with Gasteiger partial charge in [-0.25, -0.2) is 0 Å². The summed E-state index contributed by atoms with van der Waals surface area (Å²) in [4.78, 5) is 29.0. The summed E-state index contributed by atoms with van der Waals surface area (Å²) in [6.45, 7) is 3.47. The highest BCUT2D eigenvalue weighted by atomic mass is 35.5. The van der Waals surface area contributed by atoms with Gasteiger partial charge in [0.15, 0.2) is 0 Å². The molecule has 0 spiro atoms. The van der Waals surface area contributed by atoms with Gasteiger partial charge in [0.1, 0.15) is 0 Å². The summed E-state index contributed by atoms with van der Waals surface area (Å²) in [5.41, 5.74) is 1.39.